The van der Waals surface area contributed by atoms with Gasteiger partial charge in [0.25, 0.3) is 0 Å². The average Bonchev–Trinajstić information content (AvgIpc) is 1.72. The summed E-state index contributed by atoms with van der Waals surface area (Å²) in [5.41, 5.74) is 0. The van der Waals surface area contributed by atoms with Gasteiger partial charge in [-0.25, -0.2) is 0 Å². The quantitative estimate of drug-likeness (QED) is 0.455. The van der Waals surface area contributed by atoms with Crippen molar-refractivity contribution in [2.75, 3.05) is 6.54 Å². The van der Waals surface area contributed by atoms with Crippen LogP contribution in [-0.2, 0) is 0 Å². The summed E-state index contributed by atoms with van der Waals surface area (Å²) in [7, 11) is 0. The molecule has 1 fully saturated rings. The molecular formula is C5H9N. The van der Waals surface area contributed by atoms with Gasteiger partial charge in [-0.05, 0) is 25.8 Å². The molecular weight excluding hydrogens is 74.1 g/mol. The fourth-order valence-corrected chi connectivity index (χ4v) is 0.572. The molecule has 34 valence electrons. The first-order valence-corrected chi connectivity index (χ1v) is 2.37. The average molecular weight is 83.1 g/mol. The first kappa shape index (κ1) is 4.13. The molecule has 1 N–H and O–H groups in total. The van der Waals surface area contributed by atoms with Crippen LogP contribution in [0.1, 0.15) is 12.8 Å². The van der Waals surface area contributed by atoms with Gasteiger partial charge in [0, 0.05) is 6.54 Å². The lowest BCUT2D eigenvalue weighted by Crippen LogP contribution is -2.16. The Morgan fingerprint density at radius 2 is 2.50 bits per heavy atom. The molecule has 0 aromatic heterocycles. The van der Waals surface area contributed by atoms with Crippen LogP contribution in [0.3, 0.4) is 0 Å². The van der Waals surface area contributed by atoms with E-state index in [2.05, 4.69) is 18.3 Å². The molecule has 0 bridgehead atoms. The minimum Gasteiger partial charge on any atom is -0.312 e. The van der Waals surface area contributed by atoms with Crippen LogP contribution in [-0.4, -0.2) is 6.54 Å². The molecule has 0 unspecified atom stereocenters. The second kappa shape index (κ2) is 2.19. The molecule has 6 heavy (non-hydrogen) atoms. The first-order valence-electron chi connectivity index (χ1n) is 2.37. The highest BCUT2D eigenvalue weighted by Crippen LogP contribution is 1.98. The minimum absolute atomic E-state index is 1.14. The van der Waals surface area contributed by atoms with E-state index in [4.69, 9.17) is 0 Å². The van der Waals surface area contributed by atoms with Crippen LogP contribution in [0.15, 0.2) is 0 Å². The molecule has 1 saturated heterocycles. The third kappa shape index (κ3) is 0.977. The van der Waals surface area contributed by atoms with E-state index in [1.165, 1.54) is 6.42 Å². The maximum Gasteiger partial charge on any atom is 0.0224 e. The van der Waals surface area contributed by atoms with Crippen molar-refractivity contribution in [2.45, 2.75) is 12.8 Å². The fourth-order valence-electron chi connectivity index (χ4n) is 0.572. The minimum atomic E-state index is 1.14. The number of hydrogen-bond acceptors (Lipinski definition) is 1. The van der Waals surface area contributed by atoms with Crippen LogP contribution < -0.4 is 5.32 Å². The van der Waals surface area contributed by atoms with Crippen molar-refractivity contribution in [2.24, 2.45) is 0 Å². The molecule has 0 saturated carbocycles. The standard InChI is InChI=1S/C5H9N/c1-2-4-6-5-3-1/h1,4,6H,2-3,5H2. The zero-order valence-corrected chi connectivity index (χ0v) is 3.78. The lowest BCUT2D eigenvalue weighted by molar-refractivity contribution is 0.676. The predicted octanol–water partition coefficient (Wildman–Crippen LogP) is 0.736. The number of hydrogen-bond donors (Lipinski definition) is 1. The van der Waals surface area contributed by atoms with E-state index in [9.17, 15) is 0 Å². The Hall–Kier alpha value is -0.0400. The van der Waals surface area contributed by atoms with Crippen molar-refractivity contribution >= 4 is 0 Å². The highest BCUT2D eigenvalue weighted by Gasteiger charge is 1.94. The summed E-state index contributed by atoms with van der Waals surface area (Å²) >= 11 is 0. The zero-order valence-electron chi connectivity index (χ0n) is 3.78. The molecule has 0 aromatic rings. The van der Waals surface area contributed by atoms with Gasteiger partial charge in [0.05, 0.1) is 0 Å². The van der Waals surface area contributed by atoms with E-state index in [-0.39, 0.29) is 0 Å². The Labute approximate surface area is 38.7 Å². The van der Waals surface area contributed by atoms with Crippen LogP contribution in [0.5, 0.6) is 0 Å². The smallest absolute Gasteiger partial charge is 0.0224 e. The highest BCUT2D eigenvalue weighted by atomic mass is 14.9. The largest absolute Gasteiger partial charge is 0.312 e. The van der Waals surface area contributed by atoms with Crippen molar-refractivity contribution in [3.05, 3.63) is 13.0 Å². The van der Waals surface area contributed by atoms with Gasteiger partial charge in [0.1, 0.15) is 0 Å². The van der Waals surface area contributed by atoms with Crippen molar-refractivity contribution < 1.29 is 0 Å². The van der Waals surface area contributed by atoms with Gasteiger partial charge in [0.15, 0.2) is 0 Å². The Morgan fingerprint density at radius 3 is 2.67 bits per heavy atom. The van der Waals surface area contributed by atoms with Crippen molar-refractivity contribution in [1.82, 2.24) is 5.32 Å². The predicted molar refractivity (Wildman–Crippen MR) is 25.8 cm³/mol. The van der Waals surface area contributed by atoms with E-state index in [1.54, 1.807) is 0 Å². The molecule has 1 aliphatic rings. The monoisotopic (exact) mass is 83.1 g/mol. The van der Waals surface area contributed by atoms with Crippen molar-refractivity contribution in [3.63, 3.8) is 0 Å². The second-order valence-corrected chi connectivity index (χ2v) is 1.47. The topological polar surface area (TPSA) is 12.0 Å². The van der Waals surface area contributed by atoms with Crippen LogP contribution in [0.25, 0.3) is 0 Å². The first-order chi connectivity index (χ1) is 3.00. The summed E-state index contributed by atoms with van der Waals surface area (Å²) in [6.07, 6.45) is 4.65. The van der Waals surface area contributed by atoms with Crippen molar-refractivity contribution in [1.29, 1.82) is 0 Å². The van der Waals surface area contributed by atoms with Gasteiger partial charge in [0.2, 0.25) is 0 Å². The van der Waals surface area contributed by atoms with Gasteiger partial charge in [-0.3, -0.25) is 0 Å². The molecule has 1 aliphatic heterocycles. The van der Waals surface area contributed by atoms with Gasteiger partial charge >= 0.3 is 0 Å². The lowest BCUT2D eigenvalue weighted by Gasteiger charge is -2.07. The molecule has 0 aliphatic carbocycles. The highest BCUT2D eigenvalue weighted by molar-refractivity contribution is 4.80. The lowest BCUT2D eigenvalue weighted by atomic mass is 10.2. The summed E-state index contributed by atoms with van der Waals surface area (Å²) in [6, 6.07) is 0. The van der Waals surface area contributed by atoms with E-state index < -0.39 is 0 Å². The fraction of sp³-hybridized carbons (Fsp3) is 0.600. The maximum absolute atomic E-state index is 3.13. The Bertz CT molecular complexity index is 19.4. The van der Waals surface area contributed by atoms with E-state index in [0.29, 0.717) is 0 Å². The van der Waals surface area contributed by atoms with E-state index in [1.807, 2.05) is 0 Å². The molecule has 0 amide bonds. The normalized spacial score (nSPS) is 24.0. The Kier molecular flexibility index (Phi) is 1.51. The van der Waals surface area contributed by atoms with Gasteiger partial charge in [-0.2, -0.15) is 0 Å². The van der Waals surface area contributed by atoms with Crippen LogP contribution in [0.4, 0.5) is 0 Å². The molecule has 1 heteroatoms. The molecule has 0 spiro atoms. The molecule has 2 radical (unpaired) electrons. The van der Waals surface area contributed by atoms with Crippen molar-refractivity contribution in [3.8, 4) is 0 Å². The third-order valence-electron chi connectivity index (χ3n) is 0.922. The molecule has 1 nitrogen and oxygen atoms in total. The van der Waals surface area contributed by atoms with Crippen LogP contribution >= 0.6 is 0 Å². The number of nitrogens with one attached hydrogen (secondary N) is 1. The second-order valence-electron chi connectivity index (χ2n) is 1.47. The number of piperidine rings is 1. The molecule has 0 aromatic carbocycles. The summed E-state index contributed by atoms with van der Waals surface area (Å²) in [5, 5.41) is 3.13. The Balaban J connectivity index is 2.00. The molecule has 1 heterocycles. The maximum atomic E-state index is 3.13. The summed E-state index contributed by atoms with van der Waals surface area (Å²) in [5.74, 6) is 0. The third-order valence-corrected chi connectivity index (χ3v) is 0.922. The SMILES string of the molecule is [CH]1C[CH]NCC1. The zero-order chi connectivity index (χ0) is 4.24. The Morgan fingerprint density at radius 1 is 1.50 bits per heavy atom. The molecule has 1 rings (SSSR count). The van der Waals surface area contributed by atoms with Gasteiger partial charge in [-0.15, -0.1) is 0 Å². The van der Waals surface area contributed by atoms with Gasteiger partial charge < -0.3 is 5.32 Å². The molecule has 0 atom stereocenters. The van der Waals surface area contributed by atoms with E-state index in [0.717, 1.165) is 13.0 Å². The van der Waals surface area contributed by atoms with E-state index >= 15 is 0 Å². The summed E-state index contributed by atoms with van der Waals surface area (Å²) in [4.78, 5) is 0. The van der Waals surface area contributed by atoms with Gasteiger partial charge in [-0.1, -0.05) is 0 Å². The number of rotatable bonds is 0. The summed E-state index contributed by atoms with van der Waals surface area (Å²) in [6.45, 7) is 3.23. The van der Waals surface area contributed by atoms with Crippen LogP contribution in [0, 0.1) is 13.0 Å². The van der Waals surface area contributed by atoms with Crippen LogP contribution in [0.2, 0.25) is 0 Å². The summed E-state index contributed by atoms with van der Waals surface area (Å²) < 4.78 is 0.